The predicted molar refractivity (Wildman–Crippen MR) is 80.2 cm³/mol. The highest BCUT2D eigenvalue weighted by Gasteiger charge is 2.12. The van der Waals surface area contributed by atoms with Crippen LogP contribution in [0.5, 0.6) is 0 Å². The Morgan fingerprint density at radius 2 is 2.05 bits per heavy atom. The number of pyridine rings is 1. The van der Waals surface area contributed by atoms with Gasteiger partial charge in [-0.15, -0.1) is 0 Å². The largest absolute Gasteiger partial charge is 0.366 e. The molecule has 0 aliphatic heterocycles. The molecule has 1 N–H and O–H groups in total. The number of nitrogens with zero attached hydrogens (tertiary/aromatic N) is 4. The number of aryl methyl sites for hydroxylation is 1. The summed E-state index contributed by atoms with van der Waals surface area (Å²) in [7, 11) is 0. The molecule has 0 saturated carbocycles. The number of aromatic nitrogens is 4. The molecule has 3 aromatic heterocycles. The van der Waals surface area contributed by atoms with Crippen molar-refractivity contribution in [1.29, 1.82) is 0 Å². The quantitative estimate of drug-likeness (QED) is 0.792. The molecule has 0 unspecified atom stereocenters. The van der Waals surface area contributed by atoms with Crippen molar-refractivity contribution in [3.63, 3.8) is 0 Å². The number of fused-ring (bicyclic) bond motifs is 1. The van der Waals surface area contributed by atoms with E-state index in [0.29, 0.717) is 6.04 Å². The summed E-state index contributed by atoms with van der Waals surface area (Å²) in [6, 6.07) is 6.25. The van der Waals surface area contributed by atoms with Gasteiger partial charge in [-0.25, -0.2) is 9.97 Å². The van der Waals surface area contributed by atoms with Crippen LogP contribution in [0.2, 0.25) is 0 Å². The second-order valence-electron chi connectivity index (χ2n) is 5.05. The number of anilines is 1. The Hall–Kier alpha value is -2.43. The van der Waals surface area contributed by atoms with Crippen molar-refractivity contribution in [2.24, 2.45) is 0 Å². The van der Waals surface area contributed by atoms with Crippen molar-refractivity contribution in [3.05, 3.63) is 42.6 Å². The maximum absolute atomic E-state index is 4.54. The van der Waals surface area contributed by atoms with E-state index in [9.17, 15) is 0 Å². The van der Waals surface area contributed by atoms with Crippen molar-refractivity contribution in [2.45, 2.75) is 26.8 Å². The predicted octanol–water partition coefficient (Wildman–Crippen LogP) is 2.94. The van der Waals surface area contributed by atoms with E-state index < -0.39 is 0 Å². The molecule has 0 fully saturated rings. The first-order chi connectivity index (χ1) is 9.65. The Balaban J connectivity index is 2.24. The van der Waals surface area contributed by atoms with Crippen molar-refractivity contribution >= 4 is 16.9 Å². The van der Waals surface area contributed by atoms with Crippen LogP contribution in [0.25, 0.3) is 16.7 Å². The number of rotatable bonds is 3. The first-order valence-electron chi connectivity index (χ1n) is 6.68. The van der Waals surface area contributed by atoms with Gasteiger partial charge in [0.05, 0.1) is 17.4 Å². The van der Waals surface area contributed by atoms with Gasteiger partial charge >= 0.3 is 0 Å². The van der Waals surface area contributed by atoms with Crippen molar-refractivity contribution in [1.82, 2.24) is 19.5 Å². The zero-order valence-corrected chi connectivity index (χ0v) is 11.8. The van der Waals surface area contributed by atoms with Crippen LogP contribution < -0.4 is 5.32 Å². The Kier molecular flexibility index (Phi) is 3.10. The van der Waals surface area contributed by atoms with E-state index in [1.54, 1.807) is 6.20 Å². The second-order valence-corrected chi connectivity index (χ2v) is 5.05. The average Bonchev–Trinajstić information content (AvgIpc) is 2.82. The van der Waals surface area contributed by atoms with Gasteiger partial charge in [0.25, 0.3) is 0 Å². The molecule has 0 atom stereocenters. The van der Waals surface area contributed by atoms with E-state index in [1.807, 2.05) is 37.5 Å². The van der Waals surface area contributed by atoms with Crippen LogP contribution in [0.3, 0.4) is 0 Å². The number of hydrogen-bond donors (Lipinski definition) is 1. The summed E-state index contributed by atoms with van der Waals surface area (Å²) >= 11 is 0. The SMILES string of the molecule is Cc1nc(NC(C)C)c2c(ccn2-c2cccnc2)n1. The van der Waals surface area contributed by atoms with Crippen LogP contribution in [-0.2, 0) is 0 Å². The highest BCUT2D eigenvalue weighted by Crippen LogP contribution is 2.25. The molecule has 0 aliphatic carbocycles. The molecule has 3 heterocycles. The molecular weight excluding hydrogens is 250 g/mol. The van der Waals surface area contributed by atoms with Crippen molar-refractivity contribution in [2.75, 3.05) is 5.32 Å². The molecule has 0 aromatic carbocycles. The van der Waals surface area contributed by atoms with Crippen LogP contribution in [0, 0.1) is 6.92 Å². The summed E-state index contributed by atoms with van der Waals surface area (Å²) < 4.78 is 2.06. The fraction of sp³-hybridized carbons (Fsp3) is 0.267. The topological polar surface area (TPSA) is 55.6 Å². The smallest absolute Gasteiger partial charge is 0.154 e. The summed E-state index contributed by atoms with van der Waals surface area (Å²) in [5.41, 5.74) is 2.92. The summed E-state index contributed by atoms with van der Waals surface area (Å²) in [4.78, 5) is 13.2. The minimum absolute atomic E-state index is 0.310. The molecule has 0 spiro atoms. The normalized spacial score (nSPS) is 11.2. The Morgan fingerprint density at radius 3 is 2.75 bits per heavy atom. The van der Waals surface area contributed by atoms with E-state index >= 15 is 0 Å². The highest BCUT2D eigenvalue weighted by atomic mass is 15.1. The number of nitrogens with one attached hydrogen (secondary N) is 1. The first kappa shape index (κ1) is 12.6. The monoisotopic (exact) mass is 267 g/mol. The zero-order valence-electron chi connectivity index (χ0n) is 11.8. The van der Waals surface area contributed by atoms with E-state index in [1.165, 1.54) is 0 Å². The molecule has 0 amide bonds. The van der Waals surface area contributed by atoms with Crippen molar-refractivity contribution < 1.29 is 0 Å². The van der Waals surface area contributed by atoms with Gasteiger partial charge in [0, 0.05) is 18.4 Å². The van der Waals surface area contributed by atoms with Gasteiger partial charge in [-0.3, -0.25) is 4.98 Å². The first-order valence-corrected chi connectivity index (χ1v) is 6.68. The van der Waals surface area contributed by atoms with Gasteiger partial charge in [-0.1, -0.05) is 0 Å². The highest BCUT2D eigenvalue weighted by molar-refractivity contribution is 5.88. The van der Waals surface area contributed by atoms with Crippen molar-refractivity contribution in [3.8, 4) is 5.69 Å². The molecule has 3 aromatic rings. The van der Waals surface area contributed by atoms with Gasteiger partial charge in [-0.05, 0) is 39.0 Å². The molecule has 102 valence electrons. The zero-order chi connectivity index (χ0) is 14.1. The fourth-order valence-corrected chi connectivity index (χ4v) is 2.25. The van der Waals surface area contributed by atoms with Gasteiger partial charge < -0.3 is 9.88 Å². The lowest BCUT2D eigenvalue weighted by atomic mass is 10.3. The third-order valence-corrected chi connectivity index (χ3v) is 2.99. The van der Waals surface area contributed by atoms with E-state index in [-0.39, 0.29) is 0 Å². The fourth-order valence-electron chi connectivity index (χ4n) is 2.25. The Labute approximate surface area is 117 Å². The molecule has 0 aliphatic rings. The molecule has 0 radical (unpaired) electrons. The summed E-state index contributed by atoms with van der Waals surface area (Å²) in [6.45, 7) is 6.10. The van der Waals surface area contributed by atoms with Gasteiger partial charge in [0.15, 0.2) is 5.82 Å². The third kappa shape index (κ3) is 2.22. The third-order valence-electron chi connectivity index (χ3n) is 2.99. The van der Waals surface area contributed by atoms with Crippen LogP contribution in [0.1, 0.15) is 19.7 Å². The molecule has 0 bridgehead atoms. The van der Waals surface area contributed by atoms with Crippen LogP contribution >= 0.6 is 0 Å². The summed E-state index contributed by atoms with van der Waals surface area (Å²) in [5, 5.41) is 3.39. The molecule has 5 heteroatoms. The number of hydrogen-bond acceptors (Lipinski definition) is 4. The van der Waals surface area contributed by atoms with Crippen LogP contribution in [0.4, 0.5) is 5.82 Å². The van der Waals surface area contributed by atoms with E-state index in [0.717, 1.165) is 28.4 Å². The summed E-state index contributed by atoms with van der Waals surface area (Å²) in [5.74, 6) is 1.63. The molecule has 0 saturated heterocycles. The van der Waals surface area contributed by atoms with Gasteiger partial charge in [0.1, 0.15) is 11.3 Å². The van der Waals surface area contributed by atoms with Crippen LogP contribution in [-0.4, -0.2) is 25.6 Å². The second kappa shape index (κ2) is 4.92. The van der Waals surface area contributed by atoms with E-state index in [4.69, 9.17) is 0 Å². The lowest BCUT2D eigenvalue weighted by molar-refractivity contribution is 0.883. The maximum atomic E-state index is 4.54. The minimum atomic E-state index is 0.310. The molecule has 5 nitrogen and oxygen atoms in total. The van der Waals surface area contributed by atoms with Gasteiger partial charge in [-0.2, -0.15) is 0 Å². The molecule has 20 heavy (non-hydrogen) atoms. The average molecular weight is 267 g/mol. The Bertz CT molecular complexity index is 731. The standard InChI is InChI=1S/C15H17N5/c1-10(2)17-15-14-13(18-11(3)19-15)6-8-20(14)12-5-4-7-16-9-12/h4-10H,1-3H3,(H,17,18,19). The lowest BCUT2D eigenvalue weighted by Crippen LogP contribution is -2.13. The molecular formula is C15H17N5. The summed E-state index contributed by atoms with van der Waals surface area (Å²) in [6.07, 6.45) is 5.60. The van der Waals surface area contributed by atoms with Crippen LogP contribution in [0.15, 0.2) is 36.8 Å². The minimum Gasteiger partial charge on any atom is -0.366 e. The lowest BCUT2D eigenvalue weighted by Gasteiger charge is -2.13. The Morgan fingerprint density at radius 1 is 1.20 bits per heavy atom. The molecule has 3 rings (SSSR count). The maximum Gasteiger partial charge on any atom is 0.154 e. The van der Waals surface area contributed by atoms with Gasteiger partial charge in [0.2, 0.25) is 0 Å². The van der Waals surface area contributed by atoms with E-state index in [2.05, 4.69) is 38.7 Å².